The van der Waals surface area contributed by atoms with E-state index in [-0.39, 0.29) is 31.8 Å². The fourth-order valence-corrected chi connectivity index (χ4v) is 4.11. The molecule has 32 heavy (non-hydrogen) atoms. The van der Waals surface area contributed by atoms with Gasteiger partial charge < -0.3 is 14.8 Å². The quantitative estimate of drug-likeness (QED) is 0.626. The summed E-state index contributed by atoms with van der Waals surface area (Å²) in [6, 6.07) is -0.588. The fourth-order valence-electron chi connectivity index (χ4n) is 4.11. The molecule has 0 saturated carbocycles. The highest BCUT2D eigenvalue weighted by atomic mass is 19.3. The molecule has 0 unspecified atom stereocenters. The number of hydrogen-bond donors (Lipinski definition) is 1. The van der Waals surface area contributed by atoms with Gasteiger partial charge in [-0.15, -0.1) is 0 Å². The second-order valence-electron chi connectivity index (χ2n) is 8.13. The number of nitrogens with zero attached hydrogens (tertiary/aromatic N) is 7. The van der Waals surface area contributed by atoms with Crippen molar-refractivity contribution in [3.05, 3.63) is 18.2 Å². The lowest BCUT2D eigenvalue weighted by atomic mass is 10.1. The van der Waals surface area contributed by atoms with Crippen molar-refractivity contribution in [3.63, 3.8) is 0 Å². The average Bonchev–Trinajstić information content (AvgIpc) is 3.31. The van der Waals surface area contributed by atoms with Gasteiger partial charge in [-0.2, -0.15) is 5.10 Å². The first-order valence-corrected chi connectivity index (χ1v) is 10.9. The van der Waals surface area contributed by atoms with E-state index in [9.17, 15) is 13.6 Å². The largest absolute Gasteiger partial charge is 0.356 e. The molecule has 1 aliphatic heterocycles. The highest BCUT2D eigenvalue weighted by Crippen LogP contribution is 2.30. The number of likely N-dealkylation sites (tertiary alicyclic amines) is 1. The molecule has 1 N–H and O–H groups in total. The van der Waals surface area contributed by atoms with Crippen LogP contribution in [0.2, 0.25) is 0 Å². The van der Waals surface area contributed by atoms with Crippen LogP contribution in [0.15, 0.2) is 12.5 Å². The highest BCUT2D eigenvalue weighted by molar-refractivity contribution is 5.90. The van der Waals surface area contributed by atoms with Crippen molar-refractivity contribution in [3.8, 4) is 11.4 Å². The summed E-state index contributed by atoms with van der Waals surface area (Å²) in [6.07, 6.45) is 3.09. The first-order valence-electron chi connectivity index (χ1n) is 10.9. The maximum Gasteiger partial charge on any atom is 0.251 e. The fraction of sp³-hybridized carbons (Fsp3) is 0.571. The predicted octanol–water partition coefficient (Wildman–Crippen LogP) is 3.00. The zero-order valence-electron chi connectivity index (χ0n) is 18.8. The van der Waals surface area contributed by atoms with E-state index in [2.05, 4.69) is 20.4 Å². The van der Waals surface area contributed by atoms with Crippen molar-refractivity contribution in [2.75, 3.05) is 18.4 Å². The van der Waals surface area contributed by atoms with Crippen molar-refractivity contribution < 1.29 is 13.6 Å². The molecule has 172 valence electrons. The smallest absolute Gasteiger partial charge is 0.251 e. The summed E-state index contributed by atoms with van der Waals surface area (Å²) in [5, 5.41) is 7.59. The van der Waals surface area contributed by atoms with Crippen LogP contribution in [0, 0.1) is 6.92 Å². The van der Waals surface area contributed by atoms with E-state index in [1.807, 2.05) is 37.1 Å². The maximum absolute atomic E-state index is 13.5. The summed E-state index contributed by atoms with van der Waals surface area (Å²) >= 11 is 0. The predicted molar refractivity (Wildman–Crippen MR) is 116 cm³/mol. The molecule has 0 spiro atoms. The Bertz CT molecular complexity index is 1130. The Balaban J connectivity index is 1.63. The third-order valence-corrected chi connectivity index (χ3v) is 6.12. The topological polar surface area (TPSA) is 93.8 Å². The Morgan fingerprint density at radius 2 is 1.97 bits per heavy atom. The SMILES string of the molecule is CC[C@@H](Nc1ncnc2c1nc(-c1cnn(CC)c1C)n2C)C(=O)N1CCC(F)(F)CC1. The number of amides is 1. The summed E-state index contributed by atoms with van der Waals surface area (Å²) in [5.74, 6) is -1.75. The molecular formula is C21H28F2N8O. The molecule has 0 aliphatic carbocycles. The first-order chi connectivity index (χ1) is 15.3. The van der Waals surface area contributed by atoms with Gasteiger partial charge in [-0.25, -0.2) is 23.7 Å². The second-order valence-corrected chi connectivity index (χ2v) is 8.13. The lowest BCUT2D eigenvalue weighted by molar-refractivity contribution is -0.138. The van der Waals surface area contributed by atoms with Crippen LogP contribution < -0.4 is 5.32 Å². The Kier molecular flexibility index (Phi) is 5.83. The molecule has 0 bridgehead atoms. The average molecular weight is 447 g/mol. The Morgan fingerprint density at radius 1 is 1.25 bits per heavy atom. The number of piperidine rings is 1. The molecular weight excluding hydrogens is 418 g/mol. The minimum absolute atomic E-state index is 0.0532. The normalized spacial score (nSPS) is 17.0. The van der Waals surface area contributed by atoms with Crippen LogP contribution in [-0.4, -0.2) is 65.2 Å². The Morgan fingerprint density at radius 3 is 2.59 bits per heavy atom. The van der Waals surface area contributed by atoms with Crippen LogP contribution in [0.3, 0.4) is 0 Å². The third kappa shape index (κ3) is 3.91. The number of fused-ring (bicyclic) bond motifs is 1. The summed E-state index contributed by atoms with van der Waals surface area (Å²) < 4.78 is 30.8. The van der Waals surface area contributed by atoms with E-state index >= 15 is 0 Å². The van der Waals surface area contributed by atoms with Gasteiger partial charge in [0.25, 0.3) is 5.92 Å². The summed E-state index contributed by atoms with van der Waals surface area (Å²) in [6.45, 7) is 6.75. The molecule has 1 aliphatic rings. The van der Waals surface area contributed by atoms with Gasteiger partial charge in [-0.05, 0) is 20.3 Å². The van der Waals surface area contributed by atoms with Gasteiger partial charge in [0.2, 0.25) is 5.91 Å². The summed E-state index contributed by atoms with van der Waals surface area (Å²) in [5.41, 5.74) is 3.07. The number of halogens is 2. The molecule has 0 radical (unpaired) electrons. The van der Waals surface area contributed by atoms with Crippen molar-refractivity contribution in [2.24, 2.45) is 7.05 Å². The van der Waals surface area contributed by atoms with Gasteiger partial charge in [0, 0.05) is 45.2 Å². The lowest BCUT2D eigenvalue weighted by Gasteiger charge is -2.34. The minimum Gasteiger partial charge on any atom is -0.356 e. The molecule has 0 aromatic carbocycles. The molecule has 3 aromatic heterocycles. The van der Waals surface area contributed by atoms with E-state index in [1.165, 1.54) is 11.2 Å². The molecule has 1 atom stereocenters. The zero-order valence-corrected chi connectivity index (χ0v) is 18.8. The van der Waals surface area contributed by atoms with Gasteiger partial charge >= 0.3 is 0 Å². The second kappa shape index (κ2) is 8.44. The molecule has 1 fully saturated rings. The Hall–Kier alpha value is -3.11. The van der Waals surface area contributed by atoms with Crippen LogP contribution >= 0.6 is 0 Å². The van der Waals surface area contributed by atoms with Gasteiger partial charge in [-0.1, -0.05) is 6.92 Å². The van der Waals surface area contributed by atoms with Crippen LogP contribution in [0.4, 0.5) is 14.6 Å². The van der Waals surface area contributed by atoms with Crippen molar-refractivity contribution >= 4 is 22.9 Å². The van der Waals surface area contributed by atoms with E-state index in [0.717, 1.165) is 17.8 Å². The number of carbonyl (C=O) groups is 1. The number of hydrogen-bond acceptors (Lipinski definition) is 6. The first kappa shape index (κ1) is 22.1. The number of nitrogens with one attached hydrogen (secondary N) is 1. The van der Waals surface area contributed by atoms with Crippen molar-refractivity contribution in [2.45, 2.75) is 58.5 Å². The number of aromatic nitrogens is 6. The van der Waals surface area contributed by atoms with Gasteiger partial charge in [0.05, 0.1) is 11.8 Å². The van der Waals surface area contributed by atoms with Gasteiger partial charge in [-0.3, -0.25) is 9.48 Å². The van der Waals surface area contributed by atoms with Crippen LogP contribution in [0.1, 0.15) is 38.8 Å². The van der Waals surface area contributed by atoms with E-state index in [4.69, 9.17) is 4.98 Å². The van der Waals surface area contributed by atoms with Crippen molar-refractivity contribution in [1.29, 1.82) is 0 Å². The number of rotatable bonds is 6. The van der Waals surface area contributed by atoms with E-state index in [1.54, 1.807) is 6.20 Å². The zero-order chi connectivity index (χ0) is 23.0. The maximum atomic E-state index is 13.5. The minimum atomic E-state index is -2.70. The molecule has 4 heterocycles. The van der Waals surface area contributed by atoms with Crippen molar-refractivity contribution in [1.82, 2.24) is 34.2 Å². The monoisotopic (exact) mass is 446 g/mol. The number of imidazole rings is 1. The molecule has 9 nitrogen and oxygen atoms in total. The Labute approximate surface area is 184 Å². The van der Waals surface area contributed by atoms with E-state index < -0.39 is 12.0 Å². The molecule has 3 aromatic rings. The molecule has 4 rings (SSSR count). The highest BCUT2D eigenvalue weighted by Gasteiger charge is 2.37. The third-order valence-electron chi connectivity index (χ3n) is 6.12. The standard InChI is InChI=1S/C21H28F2N8O/c1-5-15(20(32)30-9-7-21(22,23)8-10-30)27-17-16-19(25-12-24-17)29(4)18(28-16)14-11-26-31(6-2)13(14)3/h11-12,15H,5-10H2,1-4H3,(H,24,25,27)/t15-/m1/s1. The number of anilines is 1. The summed E-state index contributed by atoms with van der Waals surface area (Å²) in [7, 11) is 1.88. The van der Waals surface area contributed by atoms with Gasteiger partial charge in [0.1, 0.15) is 18.2 Å². The van der Waals surface area contributed by atoms with E-state index in [0.29, 0.717) is 29.2 Å². The van der Waals surface area contributed by atoms with Gasteiger partial charge in [0.15, 0.2) is 17.0 Å². The molecule has 1 amide bonds. The molecule has 1 saturated heterocycles. The number of alkyl halides is 2. The lowest BCUT2D eigenvalue weighted by Crippen LogP contribution is -2.48. The number of carbonyl (C=O) groups excluding carboxylic acids is 1. The number of aryl methyl sites for hydroxylation is 2. The molecule has 11 heteroatoms. The van der Waals surface area contributed by atoms with Crippen LogP contribution in [0.5, 0.6) is 0 Å². The van der Waals surface area contributed by atoms with Crippen LogP contribution in [-0.2, 0) is 18.4 Å². The van der Waals surface area contributed by atoms with Crippen LogP contribution in [0.25, 0.3) is 22.6 Å². The summed E-state index contributed by atoms with van der Waals surface area (Å²) in [4.78, 5) is 28.0.